The molecule has 0 fully saturated rings. The normalized spacial score (nSPS) is 11.1. The lowest BCUT2D eigenvalue weighted by Crippen LogP contribution is -2.13. The van der Waals surface area contributed by atoms with Crippen molar-refractivity contribution < 1.29 is 14.3 Å². The van der Waals surface area contributed by atoms with Gasteiger partial charge in [-0.2, -0.15) is 4.98 Å². The third kappa shape index (κ3) is 4.13. The number of hydrogen-bond acceptors (Lipinski definition) is 6. The van der Waals surface area contributed by atoms with E-state index in [9.17, 15) is 4.79 Å². The summed E-state index contributed by atoms with van der Waals surface area (Å²) in [7, 11) is 1.63. The number of nitrogens with zero attached hydrogens (tertiary/aromatic N) is 3. The summed E-state index contributed by atoms with van der Waals surface area (Å²) in [6, 6.07) is 14.7. The standard InChI is InChI=1S/C22H22N4O3S/c1-14(2)12-29-16-10-8-15(9-11-16)20(27)23-21-24-22-26(25-21)18(13-30-22)17-6-4-5-7-19(17)28-3/h4-11,13-14H,12H2,1-3H3,(H,23,25,27). The lowest BCUT2D eigenvalue weighted by atomic mass is 10.1. The van der Waals surface area contributed by atoms with Crippen LogP contribution in [-0.4, -0.2) is 34.2 Å². The van der Waals surface area contributed by atoms with E-state index in [1.54, 1.807) is 35.9 Å². The molecule has 7 nitrogen and oxygen atoms in total. The van der Waals surface area contributed by atoms with Crippen LogP contribution in [0.1, 0.15) is 24.2 Å². The smallest absolute Gasteiger partial charge is 0.258 e. The van der Waals surface area contributed by atoms with Crippen LogP contribution in [0.5, 0.6) is 11.5 Å². The number of anilines is 1. The zero-order valence-corrected chi connectivity index (χ0v) is 17.8. The van der Waals surface area contributed by atoms with Crippen LogP contribution in [0.25, 0.3) is 16.2 Å². The van der Waals surface area contributed by atoms with Gasteiger partial charge in [0.15, 0.2) is 0 Å². The summed E-state index contributed by atoms with van der Waals surface area (Å²) in [5.41, 5.74) is 2.27. The molecule has 30 heavy (non-hydrogen) atoms. The Kier molecular flexibility index (Phi) is 5.67. The fraction of sp³-hybridized carbons (Fsp3) is 0.227. The Balaban J connectivity index is 1.52. The summed E-state index contributed by atoms with van der Waals surface area (Å²) in [6.07, 6.45) is 0. The molecule has 2 heterocycles. The molecule has 154 valence electrons. The van der Waals surface area contributed by atoms with Crippen molar-refractivity contribution >= 4 is 28.2 Å². The van der Waals surface area contributed by atoms with Crippen molar-refractivity contribution in [1.82, 2.24) is 14.6 Å². The molecule has 0 bridgehead atoms. The predicted octanol–water partition coefficient (Wildman–Crippen LogP) is 4.75. The molecule has 4 rings (SSSR count). The van der Waals surface area contributed by atoms with E-state index in [0.29, 0.717) is 23.0 Å². The van der Waals surface area contributed by atoms with Gasteiger partial charge in [-0.3, -0.25) is 10.1 Å². The van der Waals surface area contributed by atoms with E-state index in [-0.39, 0.29) is 11.9 Å². The topological polar surface area (TPSA) is 77.8 Å². The highest BCUT2D eigenvalue weighted by atomic mass is 32.1. The van der Waals surface area contributed by atoms with Crippen molar-refractivity contribution in [2.45, 2.75) is 13.8 Å². The van der Waals surface area contributed by atoms with Gasteiger partial charge < -0.3 is 9.47 Å². The Morgan fingerprint density at radius 1 is 1.17 bits per heavy atom. The minimum atomic E-state index is -0.275. The maximum absolute atomic E-state index is 12.6. The van der Waals surface area contributed by atoms with Crippen molar-refractivity contribution in [3.63, 3.8) is 0 Å². The molecule has 0 aliphatic rings. The zero-order valence-electron chi connectivity index (χ0n) is 17.0. The number of fused-ring (bicyclic) bond motifs is 1. The average molecular weight is 423 g/mol. The number of aromatic nitrogens is 3. The van der Waals surface area contributed by atoms with Crippen LogP contribution >= 0.6 is 11.3 Å². The molecule has 0 unspecified atom stereocenters. The number of para-hydroxylation sites is 1. The van der Waals surface area contributed by atoms with Crippen LogP contribution in [0.2, 0.25) is 0 Å². The van der Waals surface area contributed by atoms with Gasteiger partial charge in [0, 0.05) is 16.5 Å². The molecular formula is C22H22N4O3S. The third-order valence-corrected chi connectivity index (χ3v) is 5.21. The second-order valence-electron chi connectivity index (χ2n) is 7.13. The van der Waals surface area contributed by atoms with Crippen molar-refractivity contribution in [2.75, 3.05) is 19.0 Å². The van der Waals surface area contributed by atoms with Gasteiger partial charge in [-0.25, -0.2) is 4.52 Å². The lowest BCUT2D eigenvalue weighted by Gasteiger charge is -2.09. The number of hydrogen-bond donors (Lipinski definition) is 1. The quantitative estimate of drug-likeness (QED) is 0.465. The van der Waals surface area contributed by atoms with Gasteiger partial charge in [-0.05, 0) is 42.3 Å². The number of nitrogens with one attached hydrogen (secondary N) is 1. The van der Waals surface area contributed by atoms with Gasteiger partial charge >= 0.3 is 0 Å². The molecule has 2 aromatic heterocycles. The first-order chi connectivity index (χ1) is 14.5. The monoisotopic (exact) mass is 422 g/mol. The second kappa shape index (κ2) is 8.54. The molecule has 8 heteroatoms. The van der Waals surface area contributed by atoms with E-state index < -0.39 is 0 Å². The van der Waals surface area contributed by atoms with E-state index in [2.05, 4.69) is 29.2 Å². The van der Waals surface area contributed by atoms with Crippen LogP contribution < -0.4 is 14.8 Å². The molecule has 0 radical (unpaired) electrons. The predicted molar refractivity (Wildman–Crippen MR) is 118 cm³/mol. The van der Waals surface area contributed by atoms with Gasteiger partial charge in [0.1, 0.15) is 11.5 Å². The minimum Gasteiger partial charge on any atom is -0.496 e. The van der Waals surface area contributed by atoms with Gasteiger partial charge in [0.05, 0.1) is 19.4 Å². The number of amides is 1. The highest BCUT2D eigenvalue weighted by molar-refractivity contribution is 7.15. The fourth-order valence-electron chi connectivity index (χ4n) is 2.92. The number of carbonyl (C=O) groups is 1. The SMILES string of the molecule is COc1ccccc1-c1csc2nc(NC(=O)c3ccc(OCC(C)C)cc3)nn12. The Bertz CT molecular complexity index is 1160. The molecule has 0 aliphatic carbocycles. The Labute approximate surface area is 178 Å². The van der Waals surface area contributed by atoms with E-state index in [1.165, 1.54) is 11.3 Å². The average Bonchev–Trinajstić information content (AvgIpc) is 3.32. The first-order valence-electron chi connectivity index (χ1n) is 9.57. The molecule has 0 saturated carbocycles. The van der Waals surface area contributed by atoms with Gasteiger partial charge in [0.25, 0.3) is 11.9 Å². The maximum Gasteiger partial charge on any atom is 0.258 e. The van der Waals surface area contributed by atoms with Gasteiger partial charge in [-0.1, -0.05) is 26.0 Å². The summed E-state index contributed by atoms with van der Waals surface area (Å²) < 4.78 is 12.8. The maximum atomic E-state index is 12.6. The summed E-state index contributed by atoms with van der Waals surface area (Å²) in [5.74, 6) is 1.90. The molecule has 0 saturated heterocycles. The molecular weight excluding hydrogens is 400 g/mol. The first-order valence-corrected chi connectivity index (χ1v) is 10.4. The third-order valence-electron chi connectivity index (χ3n) is 4.39. The van der Waals surface area contributed by atoms with Crippen LogP contribution in [0.15, 0.2) is 53.9 Å². The Morgan fingerprint density at radius 3 is 2.67 bits per heavy atom. The van der Waals surface area contributed by atoms with Crippen molar-refractivity contribution in [1.29, 1.82) is 0 Å². The number of thiazole rings is 1. The van der Waals surface area contributed by atoms with E-state index >= 15 is 0 Å². The van der Waals surface area contributed by atoms with Crippen LogP contribution in [0.3, 0.4) is 0 Å². The number of benzene rings is 2. The number of ether oxygens (including phenoxy) is 2. The van der Waals surface area contributed by atoms with Crippen LogP contribution in [0.4, 0.5) is 5.95 Å². The highest BCUT2D eigenvalue weighted by Crippen LogP contribution is 2.32. The molecule has 1 amide bonds. The number of rotatable bonds is 7. The van der Waals surface area contributed by atoms with E-state index in [1.807, 2.05) is 29.6 Å². The van der Waals surface area contributed by atoms with Gasteiger partial charge in [-0.15, -0.1) is 16.4 Å². The summed E-state index contributed by atoms with van der Waals surface area (Å²) >= 11 is 1.45. The summed E-state index contributed by atoms with van der Waals surface area (Å²) in [5, 5.41) is 9.19. The largest absolute Gasteiger partial charge is 0.496 e. The zero-order chi connectivity index (χ0) is 21.1. The van der Waals surface area contributed by atoms with Crippen molar-refractivity contribution in [3.8, 4) is 22.8 Å². The Hall–Kier alpha value is -3.39. The summed E-state index contributed by atoms with van der Waals surface area (Å²) in [4.78, 5) is 17.7. The molecule has 2 aromatic carbocycles. The molecule has 0 spiro atoms. The minimum absolute atomic E-state index is 0.253. The molecule has 0 atom stereocenters. The summed E-state index contributed by atoms with van der Waals surface area (Å²) in [6.45, 7) is 4.81. The van der Waals surface area contributed by atoms with E-state index in [0.717, 1.165) is 22.8 Å². The van der Waals surface area contributed by atoms with Crippen molar-refractivity contribution in [3.05, 3.63) is 59.5 Å². The Morgan fingerprint density at radius 2 is 1.93 bits per heavy atom. The van der Waals surface area contributed by atoms with Gasteiger partial charge in [0.2, 0.25) is 4.96 Å². The van der Waals surface area contributed by atoms with Crippen LogP contribution in [-0.2, 0) is 0 Å². The van der Waals surface area contributed by atoms with Crippen LogP contribution in [0, 0.1) is 5.92 Å². The lowest BCUT2D eigenvalue weighted by molar-refractivity contribution is 0.102. The molecule has 1 N–H and O–H groups in total. The van der Waals surface area contributed by atoms with E-state index in [4.69, 9.17) is 9.47 Å². The highest BCUT2D eigenvalue weighted by Gasteiger charge is 2.16. The molecule has 4 aromatic rings. The number of carbonyl (C=O) groups excluding carboxylic acids is 1. The first kappa shape index (κ1) is 19.9. The van der Waals surface area contributed by atoms with Crippen molar-refractivity contribution in [2.24, 2.45) is 5.92 Å². The molecule has 0 aliphatic heterocycles. The second-order valence-corrected chi connectivity index (χ2v) is 7.97. The number of methoxy groups -OCH3 is 1. The fourth-order valence-corrected chi connectivity index (χ4v) is 3.74.